The molecule has 0 aliphatic heterocycles. The van der Waals surface area contributed by atoms with E-state index in [4.69, 9.17) is 4.74 Å². The second kappa shape index (κ2) is 3.49. The van der Waals surface area contributed by atoms with Crippen LogP contribution in [0.5, 0.6) is 5.75 Å². The summed E-state index contributed by atoms with van der Waals surface area (Å²) in [6, 6.07) is 7.12. The molecule has 16 heavy (non-hydrogen) atoms. The lowest BCUT2D eigenvalue weighted by Crippen LogP contribution is -2.32. The van der Waals surface area contributed by atoms with Crippen molar-refractivity contribution in [2.24, 2.45) is 0 Å². The van der Waals surface area contributed by atoms with Crippen molar-refractivity contribution < 1.29 is 4.74 Å². The summed E-state index contributed by atoms with van der Waals surface area (Å²) in [5, 5.41) is 3.44. The minimum absolute atomic E-state index is 0.470. The Hall–Kier alpha value is -1.02. The molecule has 2 nitrogen and oxygen atoms in total. The molecule has 2 heteroatoms. The average Bonchev–Trinajstić information content (AvgIpc) is 2.62. The molecule has 1 unspecified atom stereocenters. The van der Waals surface area contributed by atoms with E-state index in [2.05, 4.69) is 30.6 Å². The van der Waals surface area contributed by atoms with Crippen molar-refractivity contribution in [1.29, 1.82) is 0 Å². The first-order valence-electron chi connectivity index (χ1n) is 6.15. The molecule has 0 heterocycles. The number of methoxy groups -OCH3 is 1. The van der Waals surface area contributed by atoms with Crippen LogP contribution in [0, 0.1) is 0 Å². The minimum atomic E-state index is 0.470. The lowest BCUT2D eigenvalue weighted by atomic mass is 9.65. The summed E-state index contributed by atoms with van der Waals surface area (Å²) in [6.45, 7) is 0. The molecule has 1 atom stereocenters. The highest BCUT2D eigenvalue weighted by atomic mass is 16.5. The topological polar surface area (TPSA) is 21.3 Å². The molecule has 3 rings (SSSR count). The van der Waals surface area contributed by atoms with Crippen LogP contribution in [0.15, 0.2) is 18.2 Å². The zero-order valence-electron chi connectivity index (χ0n) is 10.0. The number of benzene rings is 1. The molecule has 0 aromatic heterocycles. The van der Waals surface area contributed by atoms with Gasteiger partial charge in [-0.05, 0) is 55.0 Å². The summed E-state index contributed by atoms with van der Waals surface area (Å²) in [6.07, 6.45) is 5.36. The Bertz CT molecular complexity index is 409. The number of rotatable bonds is 2. The Morgan fingerprint density at radius 2 is 2.19 bits per heavy atom. The van der Waals surface area contributed by atoms with E-state index in [0.29, 0.717) is 11.5 Å². The first kappa shape index (κ1) is 10.2. The van der Waals surface area contributed by atoms with Crippen molar-refractivity contribution in [3.63, 3.8) is 0 Å². The van der Waals surface area contributed by atoms with Crippen LogP contribution in [0.1, 0.15) is 42.9 Å². The van der Waals surface area contributed by atoms with Crippen LogP contribution < -0.4 is 10.1 Å². The molecule has 0 bridgehead atoms. The standard InChI is InChI=1S/C14H19NO/c1-15-13-9-14(6-3-7-14)12-8-10(16-2)4-5-11(12)13/h4-5,8,13,15H,3,6-7,9H2,1-2H3. The lowest BCUT2D eigenvalue weighted by molar-refractivity contribution is 0.227. The van der Waals surface area contributed by atoms with Crippen molar-refractivity contribution in [1.82, 2.24) is 5.32 Å². The van der Waals surface area contributed by atoms with Gasteiger partial charge in [0, 0.05) is 6.04 Å². The molecule has 2 aliphatic carbocycles. The maximum absolute atomic E-state index is 5.35. The highest BCUT2D eigenvalue weighted by Crippen LogP contribution is 2.56. The molecule has 0 saturated heterocycles. The predicted octanol–water partition coefficient (Wildman–Crippen LogP) is 2.78. The molecule has 1 spiro atoms. The van der Waals surface area contributed by atoms with Crippen LogP contribution in [-0.4, -0.2) is 14.2 Å². The van der Waals surface area contributed by atoms with Crippen LogP contribution in [0.25, 0.3) is 0 Å². The second-order valence-electron chi connectivity index (χ2n) is 5.13. The predicted molar refractivity (Wildman–Crippen MR) is 64.9 cm³/mol. The third-order valence-electron chi connectivity index (χ3n) is 4.46. The van der Waals surface area contributed by atoms with E-state index in [1.807, 2.05) is 0 Å². The number of nitrogens with one attached hydrogen (secondary N) is 1. The minimum Gasteiger partial charge on any atom is -0.497 e. The van der Waals surface area contributed by atoms with Gasteiger partial charge in [-0.25, -0.2) is 0 Å². The normalized spacial score (nSPS) is 25.2. The lowest BCUT2D eigenvalue weighted by Gasteiger charge is -2.39. The van der Waals surface area contributed by atoms with Crippen molar-refractivity contribution in [2.45, 2.75) is 37.1 Å². The number of hydrogen-bond donors (Lipinski definition) is 1. The first-order chi connectivity index (χ1) is 7.79. The molecule has 1 aromatic rings. The van der Waals surface area contributed by atoms with Crippen LogP contribution in [0.2, 0.25) is 0 Å². The van der Waals surface area contributed by atoms with Gasteiger partial charge < -0.3 is 10.1 Å². The summed E-state index contributed by atoms with van der Waals surface area (Å²) in [5.74, 6) is 1.00. The van der Waals surface area contributed by atoms with E-state index in [9.17, 15) is 0 Å². The fourth-order valence-electron chi connectivity index (χ4n) is 3.37. The molecule has 0 amide bonds. The zero-order valence-corrected chi connectivity index (χ0v) is 10.0. The third kappa shape index (κ3) is 1.23. The van der Waals surface area contributed by atoms with Crippen LogP contribution in [0.3, 0.4) is 0 Å². The Morgan fingerprint density at radius 1 is 1.38 bits per heavy atom. The largest absolute Gasteiger partial charge is 0.497 e. The summed E-state index contributed by atoms with van der Waals surface area (Å²) in [4.78, 5) is 0. The summed E-state index contributed by atoms with van der Waals surface area (Å²) in [5.41, 5.74) is 3.50. The average molecular weight is 217 g/mol. The molecule has 1 N–H and O–H groups in total. The molecule has 2 aliphatic rings. The van der Waals surface area contributed by atoms with Crippen LogP contribution in [0.4, 0.5) is 0 Å². The van der Waals surface area contributed by atoms with E-state index >= 15 is 0 Å². The van der Waals surface area contributed by atoms with Crippen molar-refractivity contribution in [2.75, 3.05) is 14.2 Å². The van der Waals surface area contributed by atoms with Crippen LogP contribution >= 0.6 is 0 Å². The smallest absolute Gasteiger partial charge is 0.119 e. The summed E-state index contributed by atoms with van der Waals surface area (Å²) >= 11 is 0. The number of fused-ring (bicyclic) bond motifs is 2. The fraction of sp³-hybridized carbons (Fsp3) is 0.571. The van der Waals surface area contributed by atoms with E-state index in [0.717, 1.165) is 5.75 Å². The van der Waals surface area contributed by atoms with Crippen molar-refractivity contribution >= 4 is 0 Å². The highest BCUT2D eigenvalue weighted by Gasteiger charge is 2.47. The number of hydrogen-bond acceptors (Lipinski definition) is 2. The van der Waals surface area contributed by atoms with Gasteiger partial charge in [-0.2, -0.15) is 0 Å². The molecule has 0 radical (unpaired) electrons. The van der Waals surface area contributed by atoms with E-state index in [1.54, 1.807) is 7.11 Å². The molecular weight excluding hydrogens is 198 g/mol. The molecular formula is C14H19NO. The van der Waals surface area contributed by atoms with Gasteiger partial charge in [0.25, 0.3) is 0 Å². The van der Waals surface area contributed by atoms with Crippen molar-refractivity contribution in [3.8, 4) is 5.75 Å². The fourth-order valence-corrected chi connectivity index (χ4v) is 3.37. The maximum Gasteiger partial charge on any atom is 0.119 e. The Kier molecular flexibility index (Phi) is 2.21. The molecule has 1 aromatic carbocycles. The van der Waals surface area contributed by atoms with Gasteiger partial charge in [0.2, 0.25) is 0 Å². The van der Waals surface area contributed by atoms with Gasteiger partial charge in [-0.1, -0.05) is 12.5 Å². The maximum atomic E-state index is 5.35. The zero-order chi connectivity index (χ0) is 11.2. The highest BCUT2D eigenvalue weighted by molar-refractivity contribution is 5.47. The van der Waals surface area contributed by atoms with Gasteiger partial charge in [0.15, 0.2) is 0 Å². The summed E-state index contributed by atoms with van der Waals surface area (Å²) in [7, 11) is 3.82. The first-order valence-corrected chi connectivity index (χ1v) is 6.15. The van der Waals surface area contributed by atoms with Gasteiger partial charge in [-0.15, -0.1) is 0 Å². The molecule has 86 valence electrons. The Morgan fingerprint density at radius 3 is 2.75 bits per heavy atom. The van der Waals surface area contributed by atoms with Crippen molar-refractivity contribution in [3.05, 3.63) is 29.3 Å². The van der Waals surface area contributed by atoms with E-state index < -0.39 is 0 Å². The molecule has 1 saturated carbocycles. The monoisotopic (exact) mass is 217 g/mol. The Labute approximate surface area is 97.0 Å². The molecule has 1 fully saturated rings. The quantitative estimate of drug-likeness (QED) is 0.822. The van der Waals surface area contributed by atoms with E-state index in [-0.39, 0.29) is 0 Å². The van der Waals surface area contributed by atoms with Gasteiger partial charge >= 0.3 is 0 Å². The van der Waals surface area contributed by atoms with Crippen LogP contribution in [-0.2, 0) is 5.41 Å². The Balaban J connectivity index is 2.08. The summed E-state index contributed by atoms with van der Waals surface area (Å²) < 4.78 is 5.35. The van der Waals surface area contributed by atoms with E-state index in [1.165, 1.54) is 36.8 Å². The SMILES string of the molecule is CNC1CC2(CCC2)c2cc(OC)ccc21. The second-order valence-corrected chi connectivity index (χ2v) is 5.13. The van der Waals surface area contributed by atoms with Gasteiger partial charge in [-0.3, -0.25) is 0 Å². The number of ether oxygens (including phenoxy) is 1. The third-order valence-corrected chi connectivity index (χ3v) is 4.46. The van der Waals surface area contributed by atoms with Gasteiger partial charge in [0.1, 0.15) is 5.75 Å². The van der Waals surface area contributed by atoms with Gasteiger partial charge in [0.05, 0.1) is 7.11 Å².